The van der Waals surface area contributed by atoms with Crippen molar-refractivity contribution >= 4 is 63.2 Å². The van der Waals surface area contributed by atoms with Crippen LogP contribution in [-0.2, 0) is 0 Å². The second-order valence-corrected chi connectivity index (χ2v) is 10.5. The predicted octanol–water partition coefficient (Wildman–Crippen LogP) is 7.09. The molecule has 2 N–H and O–H groups in total. The predicted molar refractivity (Wildman–Crippen MR) is 167 cm³/mol. The molecule has 0 saturated heterocycles. The number of nitrogens with one attached hydrogen (secondary N) is 2. The average molecular weight is 680 g/mol. The van der Waals surface area contributed by atoms with E-state index >= 15 is 0 Å². The van der Waals surface area contributed by atoms with E-state index in [1.165, 1.54) is 26.5 Å². The van der Waals surface area contributed by atoms with Crippen LogP contribution in [0.5, 0.6) is 17.2 Å². The normalized spacial score (nSPS) is 11.0. The van der Waals surface area contributed by atoms with Gasteiger partial charge in [-0.2, -0.15) is 5.10 Å². The van der Waals surface area contributed by atoms with E-state index in [-0.39, 0.29) is 17.2 Å². The number of hydrazone groups is 1. The van der Waals surface area contributed by atoms with Gasteiger partial charge in [0.2, 0.25) is 0 Å². The molecule has 0 atom stereocenters. The van der Waals surface area contributed by atoms with Crippen molar-refractivity contribution in [1.29, 1.82) is 0 Å². The molecule has 4 aromatic carbocycles. The van der Waals surface area contributed by atoms with E-state index < -0.39 is 5.97 Å². The van der Waals surface area contributed by atoms with Crippen LogP contribution in [-0.4, -0.2) is 37.3 Å². The Hall–Kier alpha value is -4.35. The fraction of sp³-hybridized carbons (Fsp3) is 0.0645. The van der Waals surface area contributed by atoms with Gasteiger partial charge in [0.1, 0.15) is 17.0 Å². The number of carbonyl (C=O) groups is 2. The zero-order chi connectivity index (χ0) is 28.9. The molecular weight excluding hydrogens is 657 g/mol. The second kappa shape index (κ2) is 12.4. The van der Waals surface area contributed by atoms with Crippen molar-refractivity contribution in [2.45, 2.75) is 0 Å². The highest BCUT2D eigenvalue weighted by Crippen LogP contribution is 2.34. The highest BCUT2D eigenvalue weighted by atomic mass is 127. The molecular formula is C31H23ClIN3O5. The van der Waals surface area contributed by atoms with Gasteiger partial charge in [-0.05, 0) is 88.3 Å². The maximum atomic E-state index is 13.2. The largest absolute Gasteiger partial charge is 0.496 e. The van der Waals surface area contributed by atoms with Crippen molar-refractivity contribution in [3.63, 3.8) is 0 Å². The zero-order valence-corrected chi connectivity index (χ0v) is 24.8. The summed E-state index contributed by atoms with van der Waals surface area (Å²) < 4.78 is 17.3. The van der Waals surface area contributed by atoms with Gasteiger partial charge in [-0.3, -0.25) is 4.79 Å². The van der Waals surface area contributed by atoms with Crippen LogP contribution in [0.3, 0.4) is 0 Å². The number of hydrogen-bond donors (Lipinski definition) is 2. The summed E-state index contributed by atoms with van der Waals surface area (Å²) in [6.45, 7) is 0. The van der Waals surface area contributed by atoms with Gasteiger partial charge >= 0.3 is 5.97 Å². The first kappa shape index (κ1) is 28.2. The zero-order valence-electron chi connectivity index (χ0n) is 21.9. The molecule has 1 heterocycles. The lowest BCUT2D eigenvalue weighted by atomic mass is 10.0. The van der Waals surface area contributed by atoms with Crippen LogP contribution >= 0.6 is 34.2 Å². The van der Waals surface area contributed by atoms with Gasteiger partial charge in [0.15, 0.2) is 11.5 Å². The number of aromatic amines is 1. The first-order valence-electron chi connectivity index (χ1n) is 12.3. The van der Waals surface area contributed by atoms with Crippen molar-refractivity contribution in [1.82, 2.24) is 10.4 Å². The van der Waals surface area contributed by atoms with E-state index in [1.807, 2.05) is 48.5 Å². The minimum absolute atomic E-state index is 0.178. The van der Waals surface area contributed by atoms with Gasteiger partial charge in [-0.25, -0.2) is 10.2 Å². The number of H-pyrrole nitrogens is 1. The van der Waals surface area contributed by atoms with E-state index in [1.54, 1.807) is 30.3 Å². The van der Waals surface area contributed by atoms with Gasteiger partial charge in [-0.15, -0.1) is 0 Å². The maximum absolute atomic E-state index is 13.2. The topological polar surface area (TPSA) is 102 Å². The molecule has 0 bridgehead atoms. The molecule has 5 rings (SSSR count). The monoisotopic (exact) mass is 679 g/mol. The summed E-state index contributed by atoms with van der Waals surface area (Å²) in [6.07, 6.45) is 1.47. The van der Waals surface area contributed by atoms with Crippen LogP contribution in [0.4, 0.5) is 0 Å². The lowest BCUT2D eigenvalue weighted by Crippen LogP contribution is -2.18. The summed E-state index contributed by atoms with van der Waals surface area (Å²) in [5.74, 6) is -0.219. The lowest BCUT2D eigenvalue weighted by molar-refractivity contribution is 0.0726. The average Bonchev–Trinajstić information content (AvgIpc) is 3.37. The molecule has 1 amide bonds. The van der Waals surface area contributed by atoms with E-state index in [9.17, 15) is 9.59 Å². The Bertz CT molecular complexity index is 1790. The third-order valence-electron chi connectivity index (χ3n) is 6.20. The van der Waals surface area contributed by atoms with Crippen molar-refractivity contribution < 1.29 is 23.8 Å². The summed E-state index contributed by atoms with van der Waals surface area (Å²) >= 11 is 8.30. The number of ether oxygens (including phenoxy) is 3. The van der Waals surface area contributed by atoms with E-state index in [0.29, 0.717) is 27.8 Å². The van der Waals surface area contributed by atoms with E-state index in [4.69, 9.17) is 25.8 Å². The quantitative estimate of drug-likeness (QED) is 0.0600. The molecule has 0 aliphatic carbocycles. The summed E-state index contributed by atoms with van der Waals surface area (Å²) in [5.41, 5.74) is 6.36. The lowest BCUT2D eigenvalue weighted by Gasteiger charge is -2.12. The fourth-order valence-corrected chi connectivity index (χ4v) is 4.97. The molecule has 0 aliphatic heterocycles. The number of esters is 1. The van der Waals surface area contributed by atoms with E-state index in [0.717, 1.165) is 25.6 Å². The van der Waals surface area contributed by atoms with Crippen molar-refractivity contribution in [3.8, 4) is 28.4 Å². The van der Waals surface area contributed by atoms with Crippen molar-refractivity contribution in [2.24, 2.45) is 5.10 Å². The highest BCUT2D eigenvalue weighted by molar-refractivity contribution is 14.1. The van der Waals surface area contributed by atoms with Crippen molar-refractivity contribution in [3.05, 3.63) is 110 Å². The molecule has 8 nitrogen and oxygen atoms in total. The minimum atomic E-state index is -0.654. The molecule has 0 aliphatic rings. The van der Waals surface area contributed by atoms with Crippen LogP contribution in [0.25, 0.3) is 22.0 Å². The Kier molecular flexibility index (Phi) is 8.55. The first-order chi connectivity index (χ1) is 19.9. The number of fused-ring (bicyclic) bond motifs is 1. The number of aromatic nitrogens is 1. The summed E-state index contributed by atoms with van der Waals surface area (Å²) in [5, 5.41) is 5.46. The molecule has 0 saturated carbocycles. The Labute approximate surface area is 254 Å². The number of amides is 1. The molecule has 0 radical (unpaired) electrons. The molecule has 10 heteroatoms. The number of carbonyl (C=O) groups excluding carboxylic acids is 2. The van der Waals surface area contributed by atoms with Gasteiger partial charge < -0.3 is 19.2 Å². The summed E-state index contributed by atoms with van der Waals surface area (Å²) in [6, 6.07) is 25.2. The number of nitrogens with zero attached hydrogens (tertiary/aromatic N) is 1. The molecule has 206 valence electrons. The Morgan fingerprint density at radius 2 is 1.66 bits per heavy atom. The number of methoxy groups -OCH3 is 2. The summed E-state index contributed by atoms with van der Waals surface area (Å²) in [7, 11) is 2.91. The Morgan fingerprint density at radius 3 is 2.41 bits per heavy atom. The molecule has 0 spiro atoms. The van der Waals surface area contributed by atoms with Gasteiger partial charge in [-0.1, -0.05) is 41.9 Å². The second-order valence-electron chi connectivity index (χ2n) is 8.77. The smallest absolute Gasteiger partial charge is 0.347 e. The van der Waals surface area contributed by atoms with Crippen LogP contribution < -0.4 is 19.6 Å². The number of rotatable bonds is 8. The third-order valence-corrected chi connectivity index (χ3v) is 7.11. The van der Waals surface area contributed by atoms with Crippen LogP contribution in [0.2, 0.25) is 5.02 Å². The van der Waals surface area contributed by atoms with Gasteiger partial charge in [0, 0.05) is 25.1 Å². The fourth-order valence-electron chi connectivity index (χ4n) is 4.30. The van der Waals surface area contributed by atoms with Crippen LogP contribution in [0, 0.1) is 3.57 Å². The molecule has 0 unspecified atom stereocenters. The van der Waals surface area contributed by atoms with Crippen LogP contribution in [0.1, 0.15) is 26.4 Å². The summed E-state index contributed by atoms with van der Waals surface area (Å²) in [4.78, 5) is 29.3. The third kappa shape index (κ3) is 6.21. The molecule has 41 heavy (non-hydrogen) atoms. The van der Waals surface area contributed by atoms with E-state index in [2.05, 4.69) is 38.1 Å². The van der Waals surface area contributed by atoms with Crippen molar-refractivity contribution in [2.75, 3.05) is 14.2 Å². The Morgan fingerprint density at radius 1 is 0.902 bits per heavy atom. The number of benzene rings is 4. The molecule has 1 aromatic heterocycles. The number of hydrogen-bond acceptors (Lipinski definition) is 6. The highest BCUT2D eigenvalue weighted by Gasteiger charge is 2.20. The molecule has 0 fully saturated rings. The first-order valence-corrected chi connectivity index (χ1v) is 13.8. The Balaban J connectivity index is 1.35. The number of halogens is 2. The SMILES string of the molecule is COc1cc(C=NNC(=O)c2[nH]c3ccc(I)cc3c2-c2ccccc2)ccc1OC(=O)c1cc(Cl)ccc1OC. The molecule has 5 aromatic rings. The van der Waals surface area contributed by atoms with Gasteiger partial charge in [0.25, 0.3) is 5.91 Å². The standard InChI is InChI=1S/C31H23ClIN3O5/c1-39-25-13-9-20(32)15-23(25)31(38)41-26-12-8-18(14-27(26)40-2)17-34-36-30(37)29-28(19-6-4-3-5-7-19)22-16-21(33)10-11-24(22)35-29/h3-17,35H,1-2H3,(H,36,37). The van der Waals surface area contributed by atoms with Gasteiger partial charge in [0.05, 0.1) is 20.4 Å². The maximum Gasteiger partial charge on any atom is 0.347 e. The van der Waals surface area contributed by atoms with Crippen LogP contribution in [0.15, 0.2) is 90.0 Å². The minimum Gasteiger partial charge on any atom is -0.496 e.